The summed E-state index contributed by atoms with van der Waals surface area (Å²) < 4.78 is 0. The fourth-order valence-corrected chi connectivity index (χ4v) is 0.981. The van der Waals surface area contributed by atoms with Crippen LogP contribution in [0.25, 0.3) is 6.08 Å². The van der Waals surface area contributed by atoms with Crippen molar-refractivity contribution in [3.05, 3.63) is 35.9 Å². The molecule has 0 aliphatic carbocycles. The molecule has 0 aliphatic rings. The summed E-state index contributed by atoms with van der Waals surface area (Å²) >= 11 is 0. The molecule has 0 fully saturated rings. The first-order valence-corrected chi connectivity index (χ1v) is 4.10. The van der Waals surface area contributed by atoms with Crippen LogP contribution in [0.3, 0.4) is 0 Å². The van der Waals surface area contributed by atoms with Crippen molar-refractivity contribution in [3.8, 4) is 0 Å². The number of hydrogen-bond acceptors (Lipinski definition) is 1. The van der Waals surface area contributed by atoms with E-state index in [1.54, 1.807) is 0 Å². The quantitative estimate of drug-likeness (QED) is 0.599. The first-order valence-electron chi connectivity index (χ1n) is 4.10. The molecule has 1 nitrogen and oxygen atoms in total. The van der Waals surface area contributed by atoms with Gasteiger partial charge >= 0.3 is 0 Å². The van der Waals surface area contributed by atoms with Gasteiger partial charge in [0.25, 0.3) is 0 Å². The van der Waals surface area contributed by atoms with Crippen molar-refractivity contribution in [3.63, 3.8) is 0 Å². The van der Waals surface area contributed by atoms with Gasteiger partial charge in [0.05, 0.1) is 5.69 Å². The van der Waals surface area contributed by atoms with E-state index in [2.05, 4.69) is 36.9 Å². The average Bonchev–Trinajstić information content (AvgIpc) is 2.15. The molecule has 0 N–H and O–H groups in total. The van der Waals surface area contributed by atoms with E-state index in [0.717, 1.165) is 12.1 Å². The topological polar surface area (TPSA) is 12.4 Å². The lowest BCUT2D eigenvalue weighted by molar-refractivity contribution is 1.23. The Morgan fingerprint density at radius 3 is 3.00 bits per heavy atom. The van der Waals surface area contributed by atoms with Gasteiger partial charge in [0.15, 0.2) is 0 Å². The van der Waals surface area contributed by atoms with Gasteiger partial charge in [-0.25, -0.2) is 0 Å². The second-order valence-electron chi connectivity index (χ2n) is 2.56. The zero-order valence-electron chi connectivity index (χ0n) is 7.33. The maximum atomic E-state index is 3.86. The zero-order valence-corrected chi connectivity index (χ0v) is 7.33. The van der Waals surface area contributed by atoms with Crippen LogP contribution >= 0.6 is 0 Å². The van der Waals surface area contributed by atoms with E-state index in [0.29, 0.717) is 0 Å². The third-order valence-corrected chi connectivity index (χ3v) is 1.60. The molecule has 0 saturated heterocycles. The molecule has 0 aliphatic heterocycles. The Morgan fingerprint density at radius 1 is 1.50 bits per heavy atom. The molecular weight excluding hydrogens is 146 g/mol. The molecule has 0 amide bonds. The lowest BCUT2D eigenvalue weighted by atomic mass is 10.2. The highest BCUT2D eigenvalue weighted by Crippen LogP contribution is 2.14. The van der Waals surface area contributed by atoms with Gasteiger partial charge < -0.3 is 0 Å². The van der Waals surface area contributed by atoms with Crippen molar-refractivity contribution in [2.24, 2.45) is 4.99 Å². The van der Waals surface area contributed by atoms with Crippen LogP contribution in [0.5, 0.6) is 0 Å². The molecule has 1 heteroatoms. The maximum Gasteiger partial charge on any atom is 0.0628 e. The second-order valence-corrected chi connectivity index (χ2v) is 2.56. The van der Waals surface area contributed by atoms with Crippen molar-refractivity contribution in [2.75, 3.05) is 0 Å². The lowest BCUT2D eigenvalue weighted by Gasteiger charge is -1.94. The van der Waals surface area contributed by atoms with Crippen LogP contribution in [0.15, 0.2) is 35.3 Å². The molecule has 12 heavy (non-hydrogen) atoms. The Balaban J connectivity index is 2.86. The van der Waals surface area contributed by atoms with Crippen molar-refractivity contribution >= 4 is 18.5 Å². The summed E-state index contributed by atoms with van der Waals surface area (Å²) in [4.78, 5) is 3.86. The standard InChI is InChI=1S/C11H13N/c1-3-4-6-10-7-5-8-11(9-10)12-2/h4-9H,2-3H2,1H3/b6-4+. The highest BCUT2D eigenvalue weighted by atomic mass is 14.7. The predicted molar refractivity (Wildman–Crippen MR) is 55.0 cm³/mol. The van der Waals surface area contributed by atoms with Crippen LogP contribution in [0, 0.1) is 0 Å². The summed E-state index contributed by atoms with van der Waals surface area (Å²) in [6, 6.07) is 8.00. The molecule has 0 aromatic heterocycles. The van der Waals surface area contributed by atoms with Gasteiger partial charge in [-0.2, -0.15) is 0 Å². The number of benzene rings is 1. The molecule has 0 radical (unpaired) electrons. The van der Waals surface area contributed by atoms with Crippen LogP contribution in [0.1, 0.15) is 18.9 Å². The number of rotatable bonds is 3. The molecular formula is C11H13N. The Kier molecular flexibility index (Phi) is 3.27. The summed E-state index contributed by atoms with van der Waals surface area (Å²) in [7, 11) is 0. The van der Waals surface area contributed by atoms with Gasteiger partial charge in [-0.3, -0.25) is 4.99 Å². The van der Waals surface area contributed by atoms with Gasteiger partial charge in [0.1, 0.15) is 0 Å². The number of allylic oxidation sites excluding steroid dienone is 1. The van der Waals surface area contributed by atoms with E-state index < -0.39 is 0 Å². The third kappa shape index (κ3) is 2.35. The minimum Gasteiger partial charge on any atom is -0.265 e. The normalized spacial score (nSPS) is 10.4. The Bertz CT molecular complexity index is 287. The van der Waals surface area contributed by atoms with E-state index in [4.69, 9.17) is 0 Å². The largest absolute Gasteiger partial charge is 0.265 e. The average molecular weight is 159 g/mol. The molecule has 1 aromatic rings. The molecule has 0 saturated carbocycles. The van der Waals surface area contributed by atoms with Gasteiger partial charge in [0.2, 0.25) is 0 Å². The Labute approximate surface area is 73.5 Å². The highest BCUT2D eigenvalue weighted by Gasteiger charge is 1.87. The lowest BCUT2D eigenvalue weighted by Crippen LogP contribution is -1.70. The first kappa shape index (κ1) is 8.72. The maximum absolute atomic E-state index is 3.86. The summed E-state index contributed by atoms with van der Waals surface area (Å²) in [6.45, 7) is 5.60. The Hall–Kier alpha value is -1.37. The second kappa shape index (κ2) is 4.50. The highest BCUT2D eigenvalue weighted by molar-refractivity contribution is 5.56. The fourth-order valence-electron chi connectivity index (χ4n) is 0.981. The van der Waals surface area contributed by atoms with Crippen molar-refractivity contribution in [1.29, 1.82) is 0 Å². The van der Waals surface area contributed by atoms with Gasteiger partial charge in [-0.15, -0.1) is 0 Å². The van der Waals surface area contributed by atoms with Gasteiger partial charge in [-0.1, -0.05) is 31.2 Å². The number of hydrogen-bond donors (Lipinski definition) is 0. The Morgan fingerprint density at radius 2 is 2.33 bits per heavy atom. The first-order chi connectivity index (χ1) is 5.86. The molecule has 0 unspecified atom stereocenters. The minimum absolute atomic E-state index is 0.924. The van der Waals surface area contributed by atoms with Crippen LogP contribution in [0.4, 0.5) is 5.69 Å². The van der Waals surface area contributed by atoms with E-state index in [1.807, 2.05) is 18.2 Å². The third-order valence-electron chi connectivity index (χ3n) is 1.60. The monoisotopic (exact) mass is 159 g/mol. The van der Waals surface area contributed by atoms with E-state index in [-0.39, 0.29) is 0 Å². The van der Waals surface area contributed by atoms with E-state index in [9.17, 15) is 0 Å². The van der Waals surface area contributed by atoms with Crippen molar-refractivity contribution < 1.29 is 0 Å². The fraction of sp³-hybridized carbons (Fsp3) is 0.182. The molecule has 0 heterocycles. The molecule has 0 atom stereocenters. The molecule has 0 spiro atoms. The zero-order chi connectivity index (χ0) is 8.81. The summed E-state index contributed by atoms with van der Waals surface area (Å²) in [5.74, 6) is 0. The summed E-state index contributed by atoms with van der Waals surface area (Å²) in [6.07, 6.45) is 5.28. The molecule has 0 bridgehead atoms. The molecule has 1 aromatic carbocycles. The SMILES string of the molecule is C=Nc1cccc(/C=C/CC)c1. The van der Waals surface area contributed by atoms with E-state index >= 15 is 0 Å². The smallest absolute Gasteiger partial charge is 0.0628 e. The van der Waals surface area contributed by atoms with Crippen molar-refractivity contribution in [1.82, 2.24) is 0 Å². The summed E-state index contributed by atoms with van der Waals surface area (Å²) in [5, 5.41) is 0. The molecule has 1 rings (SSSR count). The van der Waals surface area contributed by atoms with Crippen LogP contribution in [0.2, 0.25) is 0 Å². The van der Waals surface area contributed by atoms with Gasteiger partial charge in [0, 0.05) is 0 Å². The van der Waals surface area contributed by atoms with Gasteiger partial charge in [-0.05, 0) is 30.8 Å². The van der Waals surface area contributed by atoms with Crippen LogP contribution in [-0.2, 0) is 0 Å². The number of aliphatic imine (C=N–C) groups is 1. The van der Waals surface area contributed by atoms with Crippen LogP contribution in [-0.4, -0.2) is 6.72 Å². The van der Waals surface area contributed by atoms with E-state index in [1.165, 1.54) is 5.56 Å². The number of nitrogens with zero attached hydrogens (tertiary/aromatic N) is 1. The summed E-state index contributed by atoms with van der Waals surface area (Å²) in [5.41, 5.74) is 2.11. The minimum atomic E-state index is 0.924. The van der Waals surface area contributed by atoms with Crippen molar-refractivity contribution in [2.45, 2.75) is 13.3 Å². The molecule has 62 valence electrons. The predicted octanol–water partition coefficient (Wildman–Crippen LogP) is 3.44. The van der Waals surface area contributed by atoms with Crippen LogP contribution < -0.4 is 0 Å².